The van der Waals surface area contributed by atoms with E-state index in [1.807, 2.05) is 27.7 Å². The lowest BCUT2D eigenvalue weighted by molar-refractivity contribution is 0.0366. The number of nitrogens with one attached hydrogen (secondary N) is 1. The monoisotopic (exact) mass is 267 g/mol. The molecule has 0 spiro atoms. The maximum atomic E-state index is 12.1. The molecule has 1 rings (SSSR count). The number of amides is 1. The van der Waals surface area contributed by atoms with E-state index in [-0.39, 0.29) is 12.5 Å². The minimum absolute atomic E-state index is 0.188. The van der Waals surface area contributed by atoms with Gasteiger partial charge in [0.25, 0.3) is 5.91 Å². The molecule has 0 aliphatic rings. The van der Waals surface area contributed by atoms with Crippen molar-refractivity contribution in [2.75, 3.05) is 6.54 Å². The van der Waals surface area contributed by atoms with Crippen LogP contribution in [0.1, 0.15) is 50.3 Å². The van der Waals surface area contributed by atoms with Crippen LogP contribution in [0.4, 0.5) is 0 Å². The topological polar surface area (TPSA) is 67.2 Å². The summed E-state index contributed by atoms with van der Waals surface area (Å²) in [6, 6.07) is 1.76. The molecule has 0 saturated heterocycles. The summed E-state index contributed by atoms with van der Waals surface area (Å²) in [7, 11) is 0. The van der Waals surface area contributed by atoms with Crippen molar-refractivity contribution in [1.29, 1.82) is 0 Å². The molecule has 19 heavy (non-hydrogen) atoms. The summed E-state index contributed by atoms with van der Waals surface area (Å²) in [6.45, 7) is 10.5. The molecule has 0 aliphatic heterocycles. The average molecular weight is 267 g/mol. The minimum atomic E-state index is -0.879. The predicted octanol–water partition coefficient (Wildman–Crippen LogP) is 1.74. The van der Waals surface area contributed by atoms with Gasteiger partial charge in [-0.1, -0.05) is 13.8 Å². The first-order chi connectivity index (χ1) is 8.75. The van der Waals surface area contributed by atoms with Gasteiger partial charge in [0.15, 0.2) is 0 Å². The standard InChI is InChI=1S/C14H25N3O2/c1-6-17-12(7-11(4)16-17)13(18)15-9-14(5,19)8-10(2)3/h7,10,19H,6,8-9H2,1-5H3,(H,15,18). The van der Waals surface area contributed by atoms with E-state index in [1.54, 1.807) is 17.7 Å². The highest BCUT2D eigenvalue weighted by Gasteiger charge is 2.23. The molecule has 2 N–H and O–H groups in total. The molecule has 0 aromatic carbocycles. The SMILES string of the molecule is CCn1nc(C)cc1C(=O)NCC(C)(O)CC(C)C. The van der Waals surface area contributed by atoms with E-state index in [4.69, 9.17) is 0 Å². The molecule has 1 amide bonds. The summed E-state index contributed by atoms with van der Waals surface area (Å²) < 4.78 is 1.67. The molecule has 1 aromatic rings. The van der Waals surface area contributed by atoms with Crippen molar-refractivity contribution < 1.29 is 9.90 Å². The molecule has 5 heteroatoms. The maximum Gasteiger partial charge on any atom is 0.269 e. The van der Waals surface area contributed by atoms with Crippen LogP contribution >= 0.6 is 0 Å². The molecular formula is C14H25N3O2. The number of rotatable bonds is 6. The lowest BCUT2D eigenvalue weighted by Crippen LogP contribution is -2.42. The van der Waals surface area contributed by atoms with Crippen molar-refractivity contribution in [2.45, 2.75) is 53.2 Å². The molecule has 0 bridgehead atoms. The minimum Gasteiger partial charge on any atom is -0.388 e. The summed E-state index contributed by atoms with van der Waals surface area (Å²) in [4.78, 5) is 12.1. The first-order valence-corrected chi connectivity index (χ1v) is 6.80. The van der Waals surface area contributed by atoms with E-state index in [9.17, 15) is 9.90 Å². The van der Waals surface area contributed by atoms with E-state index in [1.165, 1.54) is 0 Å². The quantitative estimate of drug-likeness (QED) is 0.825. The number of carbonyl (C=O) groups excluding carboxylic acids is 1. The number of hydrogen-bond donors (Lipinski definition) is 2. The normalized spacial score (nSPS) is 14.5. The first-order valence-electron chi connectivity index (χ1n) is 6.80. The number of nitrogens with zero attached hydrogens (tertiary/aromatic N) is 2. The van der Waals surface area contributed by atoms with Crippen LogP contribution < -0.4 is 5.32 Å². The number of aliphatic hydroxyl groups is 1. The van der Waals surface area contributed by atoms with Crippen molar-refractivity contribution >= 4 is 5.91 Å². The Bertz CT molecular complexity index is 436. The van der Waals surface area contributed by atoms with Crippen LogP contribution in [0.15, 0.2) is 6.07 Å². The van der Waals surface area contributed by atoms with Crippen LogP contribution in [0, 0.1) is 12.8 Å². The second-order valence-corrected chi connectivity index (χ2v) is 5.76. The van der Waals surface area contributed by atoms with Crippen LogP contribution in [-0.4, -0.2) is 32.9 Å². The lowest BCUT2D eigenvalue weighted by Gasteiger charge is -2.25. The Morgan fingerprint density at radius 2 is 2.21 bits per heavy atom. The molecule has 0 aliphatic carbocycles. The van der Waals surface area contributed by atoms with Crippen molar-refractivity contribution in [1.82, 2.24) is 15.1 Å². The smallest absolute Gasteiger partial charge is 0.269 e. The fourth-order valence-corrected chi connectivity index (χ4v) is 2.28. The molecule has 0 fully saturated rings. The van der Waals surface area contributed by atoms with Crippen molar-refractivity contribution in [3.8, 4) is 0 Å². The second-order valence-electron chi connectivity index (χ2n) is 5.76. The van der Waals surface area contributed by atoms with E-state index in [2.05, 4.69) is 10.4 Å². The Balaban J connectivity index is 2.65. The van der Waals surface area contributed by atoms with Crippen molar-refractivity contribution in [3.05, 3.63) is 17.5 Å². The average Bonchev–Trinajstić information content (AvgIpc) is 2.66. The number of hydrogen-bond acceptors (Lipinski definition) is 3. The molecule has 108 valence electrons. The molecule has 1 atom stereocenters. The zero-order valence-electron chi connectivity index (χ0n) is 12.5. The summed E-state index contributed by atoms with van der Waals surface area (Å²) in [5, 5.41) is 17.2. The zero-order chi connectivity index (χ0) is 14.6. The van der Waals surface area contributed by atoms with Gasteiger partial charge < -0.3 is 10.4 Å². The van der Waals surface area contributed by atoms with Gasteiger partial charge in [-0.3, -0.25) is 9.48 Å². The van der Waals surface area contributed by atoms with Gasteiger partial charge in [-0.15, -0.1) is 0 Å². The van der Waals surface area contributed by atoms with Gasteiger partial charge in [0.2, 0.25) is 0 Å². The van der Waals surface area contributed by atoms with E-state index in [0.29, 0.717) is 24.6 Å². The molecule has 1 aromatic heterocycles. The van der Waals surface area contributed by atoms with Crippen LogP contribution in [0.2, 0.25) is 0 Å². The van der Waals surface area contributed by atoms with Gasteiger partial charge in [-0.05, 0) is 39.2 Å². The summed E-state index contributed by atoms with van der Waals surface area (Å²) in [5.74, 6) is 0.196. The molecule has 1 unspecified atom stereocenters. The molecule has 1 heterocycles. The van der Waals surface area contributed by atoms with Crippen LogP contribution in [0.5, 0.6) is 0 Å². The predicted molar refractivity (Wildman–Crippen MR) is 75.1 cm³/mol. The number of aromatic nitrogens is 2. The third kappa shape index (κ3) is 4.67. The van der Waals surface area contributed by atoms with Gasteiger partial charge in [0.05, 0.1) is 11.3 Å². The van der Waals surface area contributed by atoms with E-state index in [0.717, 1.165) is 5.69 Å². The number of carbonyl (C=O) groups is 1. The van der Waals surface area contributed by atoms with Gasteiger partial charge in [-0.2, -0.15) is 5.10 Å². The largest absolute Gasteiger partial charge is 0.388 e. The van der Waals surface area contributed by atoms with Gasteiger partial charge in [-0.25, -0.2) is 0 Å². The number of aryl methyl sites for hydroxylation is 2. The second kappa shape index (κ2) is 6.19. The van der Waals surface area contributed by atoms with Crippen LogP contribution in [0.3, 0.4) is 0 Å². The fraction of sp³-hybridized carbons (Fsp3) is 0.714. The lowest BCUT2D eigenvalue weighted by atomic mass is 9.94. The molecular weight excluding hydrogens is 242 g/mol. The molecule has 0 radical (unpaired) electrons. The Morgan fingerprint density at radius 1 is 1.58 bits per heavy atom. The highest BCUT2D eigenvalue weighted by atomic mass is 16.3. The van der Waals surface area contributed by atoms with Gasteiger partial charge >= 0.3 is 0 Å². The van der Waals surface area contributed by atoms with Gasteiger partial charge in [0, 0.05) is 13.1 Å². The Hall–Kier alpha value is -1.36. The summed E-state index contributed by atoms with van der Waals surface area (Å²) in [5.41, 5.74) is 0.483. The van der Waals surface area contributed by atoms with Crippen molar-refractivity contribution in [2.24, 2.45) is 5.92 Å². The van der Waals surface area contributed by atoms with Crippen LogP contribution in [-0.2, 0) is 6.54 Å². The zero-order valence-corrected chi connectivity index (χ0v) is 12.5. The maximum absolute atomic E-state index is 12.1. The third-order valence-electron chi connectivity index (χ3n) is 2.91. The van der Waals surface area contributed by atoms with Gasteiger partial charge in [0.1, 0.15) is 5.69 Å². The summed E-state index contributed by atoms with van der Waals surface area (Å²) >= 11 is 0. The Labute approximate surface area is 115 Å². The first kappa shape index (κ1) is 15.7. The Kier molecular flexibility index (Phi) is 5.11. The third-order valence-corrected chi connectivity index (χ3v) is 2.91. The van der Waals surface area contributed by atoms with E-state index >= 15 is 0 Å². The summed E-state index contributed by atoms with van der Waals surface area (Å²) in [6.07, 6.45) is 0.652. The highest BCUT2D eigenvalue weighted by molar-refractivity contribution is 5.92. The van der Waals surface area contributed by atoms with Crippen LogP contribution in [0.25, 0.3) is 0 Å². The Morgan fingerprint density at radius 3 is 2.74 bits per heavy atom. The fourth-order valence-electron chi connectivity index (χ4n) is 2.28. The highest BCUT2D eigenvalue weighted by Crippen LogP contribution is 2.15. The van der Waals surface area contributed by atoms with Crippen molar-refractivity contribution in [3.63, 3.8) is 0 Å². The molecule has 0 saturated carbocycles. The van der Waals surface area contributed by atoms with E-state index < -0.39 is 5.60 Å². The molecule has 5 nitrogen and oxygen atoms in total.